The van der Waals surface area contributed by atoms with Crippen LogP contribution in [-0.2, 0) is 27.1 Å². The van der Waals surface area contributed by atoms with Crippen LogP contribution in [0, 0.1) is 0 Å². The van der Waals surface area contributed by atoms with Crippen molar-refractivity contribution in [2.24, 2.45) is 0 Å². The number of carbonyl (C=O) groups is 2. The van der Waals surface area contributed by atoms with Gasteiger partial charge in [-0.25, -0.2) is 9.59 Å². The minimum atomic E-state index is -0.461. The maximum atomic E-state index is 13.3. The van der Waals surface area contributed by atoms with Crippen molar-refractivity contribution in [2.45, 2.75) is 31.7 Å². The molecule has 0 unspecified atom stereocenters. The summed E-state index contributed by atoms with van der Waals surface area (Å²) in [6, 6.07) is 30.2. The number of esters is 1. The van der Waals surface area contributed by atoms with E-state index in [0.29, 0.717) is 12.4 Å². The smallest absolute Gasteiger partial charge is 0.407 e. The van der Waals surface area contributed by atoms with Crippen molar-refractivity contribution in [2.75, 3.05) is 19.8 Å². The second kappa shape index (κ2) is 11.3. The first-order valence-corrected chi connectivity index (χ1v) is 13.7. The van der Waals surface area contributed by atoms with E-state index in [1.807, 2.05) is 54.6 Å². The fourth-order valence-electron chi connectivity index (χ4n) is 5.91. The number of nitrogens with one attached hydrogen (secondary N) is 1. The zero-order valence-corrected chi connectivity index (χ0v) is 22.4. The van der Waals surface area contributed by atoms with Gasteiger partial charge in [0.15, 0.2) is 6.61 Å². The molecule has 202 valence electrons. The summed E-state index contributed by atoms with van der Waals surface area (Å²) in [5, 5.41) is 3.15. The lowest BCUT2D eigenvalue weighted by atomic mass is 9.94. The molecule has 0 aliphatic heterocycles. The Labute approximate surface area is 233 Å². The fourth-order valence-corrected chi connectivity index (χ4v) is 5.91. The van der Waals surface area contributed by atoms with Gasteiger partial charge in [0.05, 0.1) is 12.6 Å². The van der Waals surface area contributed by atoms with Gasteiger partial charge in [0.1, 0.15) is 12.4 Å². The van der Waals surface area contributed by atoms with Crippen LogP contribution in [0.3, 0.4) is 0 Å². The number of aryl methyl sites for hydroxylation is 2. The Morgan fingerprint density at radius 2 is 1.38 bits per heavy atom. The van der Waals surface area contributed by atoms with Crippen LogP contribution in [0.25, 0.3) is 11.1 Å². The second-order valence-electron chi connectivity index (χ2n) is 10.1. The highest BCUT2D eigenvalue weighted by molar-refractivity contribution is 5.79. The first-order chi connectivity index (χ1) is 19.6. The van der Waals surface area contributed by atoms with E-state index in [1.54, 1.807) is 6.92 Å². The first kappa shape index (κ1) is 25.7. The zero-order chi connectivity index (χ0) is 27.5. The van der Waals surface area contributed by atoms with E-state index in [9.17, 15) is 9.59 Å². The number of rotatable bonds is 7. The molecule has 0 aromatic heterocycles. The van der Waals surface area contributed by atoms with Crippen LogP contribution < -0.4 is 10.1 Å². The molecule has 2 aliphatic rings. The molecule has 0 saturated carbocycles. The largest absolute Gasteiger partial charge is 0.482 e. The minimum absolute atomic E-state index is 0.00837. The molecule has 0 heterocycles. The molecule has 6 nitrogen and oxygen atoms in total. The summed E-state index contributed by atoms with van der Waals surface area (Å²) in [4.78, 5) is 25.1. The lowest BCUT2D eigenvalue weighted by Crippen LogP contribution is -2.31. The third-order valence-corrected chi connectivity index (χ3v) is 7.72. The minimum Gasteiger partial charge on any atom is -0.482 e. The Hall–Kier alpha value is -4.58. The van der Waals surface area contributed by atoms with Crippen LogP contribution in [-0.4, -0.2) is 31.9 Å². The molecular formula is C34H31NO5. The molecule has 40 heavy (non-hydrogen) atoms. The van der Waals surface area contributed by atoms with Crippen molar-refractivity contribution >= 4 is 12.1 Å². The number of amides is 1. The number of benzene rings is 4. The Balaban J connectivity index is 1.22. The molecular weight excluding hydrogens is 502 g/mol. The Morgan fingerprint density at radius 3 is 2.10 bits per heavy atom. The molecule has 1 amide bonds. The lowest BCUT2D eigenvalue weighted by molar-refractivity contribution is -0.145. The third kappa shape index (κ3) is 5.05. The topological polar surface area (TPSA) is 73.9 Å². The number of alkyl carbamates (subject to hydrolysis) is 1. The highest BCUT2D eigenvalue weighted by atomic mass is 16.6. The van der Waals surface area contributed by atoms with Crippen molar-refractivity contribution in [1.82, 2.24) is 5.32 Å². The van der Waals surface area contributed by atoms with Gasteiger partial charge in [-0.1, -0.05) is 78.9 Å². The molecule has 4 aromatic carbocycles. The van der Waals surface area contributed by atoms with E-state index in [-0.39, 0.29) is 25.2 Å². The maximum absolute atomic E-state index is 13.3. The average molecular weight is 534 g/mol. The molecule has 6 rings (SSSR count). The monoisotopic (exact) mass is 533 g/mol. The molecule has 4 aromatic rings. The normalized spacial score (nSPS) is 15.1. The predicted octanol–water partition coefficient (Wildman–Crippen LogP) is 6.36. The van der Waals surface area contributed by atoms with Gasteiger partial charge in [-0.3, -0.25) is 0 Å². The summed E-state index contributed by atoms with van der Waals surface area (Å²) in [6.45, 7) is 2.19. The van der Waals surface area contributed by atoms with Crippen LogP contribution in [0.1, 0.15) is 52.3 Å². The molecule has 1 atom stereocenters. The quantitative estimate of drug-likeness (QED) is 0.280. The van der Waals surface area contributed by atoms with E-state index in [2.05, 4.69) is 41.7 Å². The van der Waals surface area contributed by atoms with E-state index < -0.39 is 12.1 Å². The highest BCUT2D eigenvalue weighted by Gasteiger charge is 2.30. The number of fused-ring (bicyclic) bond motifs is 5. The molecule has 0 fully saturated rings. The molecule has 1 N–H and O–H groups in total. The molecule has 0 saturated heterocycles. The number of carbonyl (C=O) groups excluding carboxylic acids is 2. The summed E-state index contributed by atoms with van der Waals surface area (Å²) in [6.07, 6.45) is 1.15. The summed E-state index contributed by atoms with van der Waals surface area (Å²) in [5.74, 6) is 0.184. The lowest BCUT2D eigenvalue weighted by Gasteiger charge is -2.23. The van der Waals surface area contributed by atoms with Crippen LogP contribution >= 0.6 is 0 Å². The van der Waals surface area contributed by atoms with Gasteiger partial charge in [-0.05, 0) is 76.4 Å². The van der Waals surface area contributed by atoms with Gasteiger partial charge in [-0.2, -0.15) is 0 Å². The van der Waals surface area contributed by atoms with Gasteiger partial charge >= 0.3 is 12.1 Å². The van der Waals surface area contributed by atoms with Gasteiger partial charge in [0, 0.05) is 5.92 Å². The summed E-state index contributed by atoms with van der Waals surface area (Å²) in [7, 11) is 0. The molecule has 6 heteroatoms. The van der Waals surface area contributed by atoms with E-state index >= 15 is 0 Å². The van der Waals surface area contributed by atoms with Gasteiger partial charge in [-0.15, -0.1) is 0 Å². The Morgan fingerprint density at radius 1 is 0.750 bits per heavy atom. The number of hydrogen-bond donors (Lipinski definition) is 1. The van der Waals surface area contributed by atoms with Gasteiger partial charge in [0.25, 0.3) is 0 Å². The molecule has 2 aliphatic carbocycles. The Kier molecular flexibility index (Phi) is 7.23. The molecule has 0 bridgehead atoms. The average Bonchev–Trinajstić information content (AvgIpc) is 3.22. The Bertz CT molecular complexity index is 1520. The van der Waals surface area contributed by atoms with Crippen LogP contribution in [0.4, 0.5) is 4.79 Å². The highest BCUT2D eigenvalue weighted by Crippen LogP contribution is 2.44. The van der Waals surface area contributed by atoms with E-state index in [4.69, 9.17) is 14.2 Å². The summed E-state index contributed by atoms with van der Waals surface area (Å²) in [5.41, 5.74) is 9.02. The predicted molar refractivity (Wildman–Crippen MR) is 152 cm³/mol. The summed E-state index contributed by atoms with van der Waals surface area (Å²) >= 11 is 0. The number of hydrogen-bond acceptors (Lipinski definition) is 5. The third-order valence-electron chi connectivity index (χ3n) is 7.72. The standard InChI is InChI=1S/C34H31NO5/c1-2-38-32(36)21-39-24-17-18-26-23(19-24)16-15-22-9-3-4-10-25(22)33(26)35-34(37)40-20-31-29-13-7-5-11-27(29)28-12-6-8-14-30(28)31/h3-14,17-19,31,33H,2,15-16,20-21H2,1H3,(H,35,37)/t33-/m1/s1. The SMILES string of the molecule is CCOC(=O)COc1ccc2c(c1)CCc1ccccc1[C@H]2NC(=O)OCC1c2ccccc2-c2ccccc21. The van der Waals surface area contributed by atoms with Crippen molar-refractivity contribution < 1.29 is 23.8 Å². The van der Waals surface area contributed by atoms with Crippen molar-refractivity contribution in [1.29, 1.82) is 0 Å². The number of ether oxygens (including phenoxy) is 3. The van der Waals surface area contributed by atoms with Crippen LogP contribution in [0.5, 0.6) is 5.75 Å². The van der Waals surface area contributed by atoms with E-state index in [1.165, 1.54) is 27.8 Å². The van der Waals surface area contributed by atoms with Gasteiger partial charge < -0.3 is 19.5 Å². The van der Waals surface area contributed by atoms with Crippen molar-refractivity contribution in [3.05, 3.63) is 124 Å². The second-order valence-corrected chi connectivity index (χ2v) is 10.1. The van der Waals surface area contributed by atoms with Crippen molar-refractivity contribution in [3.8, 4) is 16.9 Å². The maximum Gasteiger partial charge on any atom is 0.407 e. The fraction of sp³-hybridized carbons (Fsp3) is 0.235. The summed E-state index contributed by atoms with van der Waals surface area (Å²) < 4.78 is 16.6. The first-order valence-electron chi connectivity index (χ1n) is 13.7. The zero-order valence-electron chi connectivity index (χ0n) is 22.4. The van der Waals surface area contributed by atoms with Gasteiger partial charge in [0.2, 0.25) is 0 Å². The molecule has 0 spiro atoms. The molecule has 0 radical (unpaired) electrons. The van der Waals surface area contributed by atoms with Crippen LogP contribution in [0.2, 0.25) is 0 Å². The van der Waals surface area contributed by atoms with Crippen LogP contribution in [0.15, 0.2) is 91.0 Å². The van der Waals surface area contributed by atoms with Crippen molar-refractivity contribution in [3.63, 3.8) is 0 Å². The van der Waals surface area contributed by atoms with E-state index in [0.717, 1.165) is 29.5 Å².